The number of aryl methyl sites for hydroxylation is 1. The number of fused-ring (bicyclic) bond motifs is 1. The van der Waals surface area contributed by atoms with Crippen molar-refractivity contribution in [2.75, 3.05) is 0 Å². The first-order chi connectivity index (χ1) is 17.7. The highest BCUT2D eigenvalue weighted by Gasteiger charge is 2.14. The van der Waals surface area contributed by atoms with Crippen molar-refractivity contribution in [3.05, 3.63) is 117 Å². The summed E-state index contributed by atoms with van der Waals surface area (Å²) in [5.74, 6) is 1.28. The van der Waals surface area contributed by atoms with Gasteiger partial charge in [-0.05, 0) is 66.3 Å². The van der Waals surface area contributed by atoms with Crippen molar-refractivity contribution < 1.29 is 30.7 Å². The molecule has 0 aliphatic heterocycles. The molecule has 0 N–H and O–H groups in total. The van der Waals surface area contributed by atoms with Crippen LogP contribution in [0.25, 0.3) is 10.8 Å². The first-order valence-electron chi connectivity index (χ1n) is 11.3. The predicted molar refractivity (Wildman–Crippen MR) is 127 cm³/mol. The Morgan fingerprint density at radius 3 is 1.73 bits per heavy atom. The van der Waals surface area contributed by atoms with Gasteiger partial charge in [-0.1, -0.05) is 43.1 Å². The van der Waals surface area contributed by atoms with Crippen molar-refractivity contribution in [2.45, 2.75) is 26.2 Å². The van der Waals surface area contributed by atoms with Gasteiger partial charge in [-0.3, -0.25) is 0 Å². The van der Waals surface area contributed by atoms with Crippen LogP contribution in [-0.4, -0.2) is 0 Å². The van der Waals surface area contributed by atoms with Crippen LogP contribution in [0.2, 0.25) is 0 Å². The molecule has 4 aromatic carbocycles. The second-order valence-electron chi connectivity index (χ2n) is 8.28. The molecule has 0 heterocycles. The summed E-state index contributed by atoms with van der Waals surface area (Å²) in [6, 6.07) is 8.64. The van der Waals surface area contributed by atoms with E-state index < -0.39 is 51.8 Å². The van der Waals surface area contributed by atoms with E-state index in [1.807, 2.05) is 6.92 Å². The molecule has 0 unspecified atom stereocenters. The van der Waals surface area contributed by atoms with Gasteiger partial charge in [0.25, 0.3) is 0 Å². The first-order valence-corrected chi connectivity index (χ1v) is 11.3. The van der Waals surface area contributed by atoms with E-state index in [0.29, 0.717) is 12.0 Å². The van der Waals surface area contributed by atoms with Gasteiger partial charge in [0.05, 0.1) is 11.1 Å². The molecule has 0 nitrogen and oxygen atoms in total. The van der Waals surface area contributed by atoms with E-state index in [-0.39, 0.29) is 21.9 Å². The summed E-state index contributed by atoms with van der Waals surface area (Å²) in [6.07, 6.45) is 2.16. The highest BCUT2D eigenvalue weighted by atomic mass is 19.2. The molecule has 186 valence electrons. The standard InChI is InChI=1S/C30H17F7/c1-2-3-4-18-12-24(31)23(25(32)13-18)10-7-19-14-26(33)22(27(34)15-19)9-6-17-5-8-21-20(11-17)16-28(35)30(37)29(21)36/h5,8,11-16H,2-4H2,1H3. The Morgan fingerprint density at radius 2 is 1.14 bits per heavy atom. The van der Waals surface area contributed by atoms with Crippen molar-refractivity contribution in [1.29, 1.82) is 0 Å². The third-order valence-electron chi connectivity index (χ3n) is 5.60. The summed E-state index contributed by atoms with van der Waals surface area (Å²) in [5, 5.41) is -0.152. The van der Waals surface area contributed by atoms with Gasteiger partial charge in [-0.2, -0.15) is 0 Å². The molecule has 0 aliphatic carbocycles. The second-order valence-corrected chi connectivity index (χ2v) is 8.28. The number of benzene rings is 4. The normalized spacial score (nSPS) is 10.6. The number of hydrogen-bond acceptors (Lipinski definition) is 0. The van der Waals surface area contributed by atoms with E-state index in [1.54, 1.807) is 0 Å². The summed E-state index contributed by atoms with van der Waals surface area (Å²) < 4.78 is 98.5. The lowest BCUT2D eigenvalue weighted by atomic mass is 10.0. The highest BCUT2D eigenvalue weighted by Crippen LogP contribution is 2.24. The quantitative estimate of drug-likeness (QED) is 0.149. The van der Waals surface area contributed by atoms with Gasteiger partial charge in [0.15, 0.2) is 17.5 Å². The summed E-state index contributed by atoms with van der Waals surface area (Å²) in [5.41, 5.74) is -0.591. The van der Waals surface area contributed by atoms with Crippen LogP contribution in [0.5, 0.6) is 0 Å². The lowest BCUT2D eigenvalue weighted by Gasteiger charge is -2.04. The van der Waals surface area contributed by atoms with Crippen LogP contribution < -0.4 is 0 Å². The molecule has 7 heteroatoms. The molecule has 0 atom stereocenters. The third-order valence-corrected chi connectivity index (χ3v) is 5.60. The van der Waals surface area contributed by atoms with Crippen molar-refractivity contribution in [1.82, 2.24) is 0 Å². The zero-order chi connectivity index (χ0) is 26.7. The Hall–Kier alpha value is -4.23. The van der Waals surface area contributed by atoms with E-state index >= 15 is 0 Å². The minimum Gasteiger partial charge on any atom is -0.206 e. The van der Waals surface area contributed by atoms with E-state index in [9.17, 15) is 30.7 Å². The lowest BCUT2D eigenvalue weighted by Crippen LogP contribution is -1.96. The minimum absolute atomic E-state index is 0.0210. The fraction of sp³-hybridized carbons (Fsp3) is 0.133. The van der Waals surface area contributed by atoms with Crippen molar-refractivity contribution in [3.63, 3.8) is 0 Å². The topological polar surface area (TPSA) is 0 Å². The maximum absolute atomic E-state index is 14.6. The SMILES string of the molecule is CCCCc1cc(F)c(C#Cc2cc(F)c(C#Cc3ccc4c(F)c(F)c(F)cc4c3)c(F)c2)c(F)c1. The molecule has 0 aliphatic rings. The molecule has 4 aromatic rings. The molecule has 0 fully saturated rings. The zero-order valence-corrected chi connectivity index (χ0v) is 19.4. The van der Waals surface area contributed by atoms with Gasteiger partial charge in [-0.15, -0.1) is 0 Å². The Labute approximate surface area is 208 Å². The fourth-order valence-electron chi connectivity index (χ4n) is 3.69. The van der Waals surface area contributed by atoms with Crippen LogP contribution in [0.3, 0.4) is 0 Å². The second kappa shape index (κ2) is 10.8. The molecule has 0 amide bonds. The van der Waals surface area contributed by atoms with Gasteiger partial charge in [0.2, 0.25) is 0 Å². The monoisotopic (exact) mass is 510 g/mol. The Morgan fingerprint density at radius 1 is 0.568 bits per heavy atom. The maximum Gasteiger partial charge on any atom is 0.195 e. The zero-order valence-electron chi connectivity index (χ0n) is 19.4. The average molecular weight is 510 g/mol. The molecule has 0 radical (unpaired) electrons. The summed E-state index contributed by atoms with van der Waals surface area (Å²) in [7, 11) is 0. The van der Waals surface area contributed by atoms with Gasteiger partial charge in [-0.25, -0.2) is 30.7 Å². The van der Waals surface area contributed by atoms with E-state index in [1.165, 1.54) is 30.3 Å². The Kier molecular flexibility index (Phi) is 7.55. The van der Waals surface area contributed by atoms with Crippen LogP contribution >= 0.6 is 0 Å². The molecule has 0 spiro atoms. The molecule has 0 saturated carbocycles. The molecular formula is C30H17F7. The largest absolute Gasteiger partial charge is 0.206 e. The molecule has 0 saturated heterocycles. The Balaban J connectivity index is 1.62. The fourth-order valence-corrected chi connectivity index (χ4v) is 3.69. The maximum atomic E-state index is 14.6. The van der Waals surface area contributed by atoms with Crippen molar-refractivity contribution >= 4 is 10.8 Å². The number of unbranched alkanes of at least 4 members (excludes halogenated alkanes) is 1. The van der Waals surface area contributed by atoms with Crippen LogP contribution in [0, 0.1) is 64.4 Å². The summed E-state index contributed by atoms with van der Waals surface area (Å²) >= 11 is 0. The van der Waals surface area contributed by atoms with Crippen molar-refractivity contribution in [3.8, 4) is 23.7 Å². The average Bonchev–Trinajstić information content (AvgIpc) is 2.85. The smallest absolute Gasteiger partial charge is 0.195 e. The first kappa shape index (κ1) is 25.9. The van der Waals surface area contributed by atoms with Crippen LogP contribution in [0.1, 0.15) is 47.6 Å². The van der Waals surface area contributed by atoms with Crippen LogP contribution in [-0.2, 0) is 6.42 Å². The summed E-state index contributed by atoms with van der Waals surface area (Å²) in [6.45, 7) is 1.96. The van der Waals surface area contributed by atoms with E-state index in [2.05, 4.69) is 23.7 Å². The minimum atomic E-state index is -1.60. The Bertz CT molecular complexity index is 1600. The van der Waals surface area contributed by atoms with Gasteiger partial charge in [0, 0.05) is 16.5 Å². The molecule has 37 heavy (non-hydrogen) atoms. The molecule has 0 bridgehead atoms. The number of halogens is 7. The van der Waals surface area contributed by atoms with Gasteiger partial charge < -0.3 is 0 Å². The van der Waals surface area contributed by atoms with E-state index in [4.69, 9.17) is 0 Å². The summed E-state index contributed by atoms with van der Waals surface area (Å²) in [4.78, 5) is 0. The van der Waals surface area contributed by atoms with Gasteiger partial charge in [0.1, 0.15) is 23.3 Å². The van der Waals surface area contributed by atoms with Crippen LogP contribution in [0.15, 0.2) is 48.5 Å². The number of rotatable bonds is 3. The van der Waals surface area contributed by atoms with Crippen LogP contribution in [0.4, 0.5) is 30.7 Å². The lowest BCUT2D eigenvalue weighted by molar-refractivity contribution is 0.453. The molecular weight excluding hydrogens is 493 g/mol. The van der Waals surface area contributed by atoms with Gasteiger partial charge >= 0.3 is 0 Å². The molecule has 0 aromatic heterocycles. The predicted octanol–water partition coefficient (Wildman–Crippen LogP) is 7.96. The third kappa shape index (κ3) is 5.62. The van der Waals surface area contributed by atoms with E-state index in [0.717, 1.165) is 31.0 Å². The van der Waals surface area contributed by atoms with Crippen molar-refractivity contribution in [2.24, 2.45) is 0 Å². The number of hydrogen-bond donors (Lipinski definition) is 0. The molecule has 4 rings (SSSR count). The highest BCUT2D eigenvalue weighted by molar-refractivity contribution is 5.84.